The third-order valence-electron chi connectivity index (χ3n) is 10.8. The van der Waals surface area contributed by atoms with Crippen LogP contribution in [-0.4, -0.2) is 74.9 Å². The highest BCUT2D eigenvalue weighted by Crippen LogP contribution is 2.43. The number of hydrogen-bond donors (Lipinski definition) is 1. The van der Waals surface area contributed by atoms with Crippen molar-refractivity contribution in [3.8, 4) is 0 Å². The lowest BCUT2D eigenvalue weighted by molar-refractivity contribution is -0.870. The number of phosphoric acid groups is 1. The summed E-state index contributed by atoms with van der Waals surface area (Å²) in [6, 6.07) is 0. The van der Waals surface area contributed by atoms with Crippen molar-refractivity contribution in [3.63, 3.8) is 0 Å². The summed E-state index contributed by atoms with van der Waals surface area (Å²) >= 11 is 0. The van der Waals surface area contributed by atoms with Crippen LogP contribution in [0.25, 0.3) is 0 Å². The Balaban J connectivity index is 4.25. The fourth-order valence-corrected chi connectivity index (χ4v) is 7.66. The van der Waals surface area contributed by atoms with Gasteiger partial charge in [0, 0.05) is 12.8 Å². The SMILES string of the molecule is CC/C=C/C/C=C/C/C=C/CCCCCCCC(=O)O[C@@H](COC(=O)CCC/C=C/CCCCCCCCCCCCCCCCCCCC)COP(=O)(O)OCC[N+](C)(C)C. The van der Waals surface area contributed by atoms with E-state index in [0.717, 1.165) is 64.2 Å². The van der Waals surface area contributed by atoms with Gasteiger partial charge in [-0.3, -0.25) is 18.6 Å². The quantitative estimate of drug-likeness (QED) is 0.0212. The third kappa shape index (κ3) is 47.4. The van der Waals surface area contributed by atoms with Gasteiger partial charge >= 0.3 is 19.8 Å². The van der Waals surface area contributed by atoms with E-state index >= 15 is 0 Å². The summed E-state index contributed by atoms with van der Waals surface area (Å²) in [5.41, 5.74) is 0. The first-order valence-corrected chi connectivity index (χ1v) is 26.9. The summed E-state index contributed by atoms with van der Waals surface area (Å²) in [6.07, 6.45) is 53.3. The van der Waals surface area contributed by atoms with Gasteiger partial charge in [0.2, 0.25) is 0 Å². The van der Waals surface area contributed by atoms with Crippen LogP contribution < -0.4 is 0 Å². The van der Waals surface area contributed by atoms with Crippen LogP contribution in [0, 0.1) is 0 Å². The minimum absolute atomic E-state index is 0.0234. The molecule has 0 aromatic carbocycles. The number of phosphoric ester groups is 1. The average molecular weight is 895 g/mol. The predicted molar refractivity (Wildman–Crippen MR) is 261 cm³/mol. The second-order valence-electron chi connectivity index (χ2n) is 18.2. The zero-order chi connectivity index (χ0) is 45.7. The first-order valence-electron chi connectivity index (χ1n) is 25.4. The molecule has 0 saturated heterocycles. The van der Waals surface area contributed by atoms with Crippen molar-refractivity contribution in [3.05, 3.63) is 48.6 Å². The van der Waals surface area contributed by atoms with Crippen molar-refractivity contribution >= 4 is 19.8 Å². The second-order valence-corrected chi connectivity index (χ2v) is 19.6. The van der Waals surface area contributed by atoms with Crippen LogP contribution in [0.1, 0.15) is 219 Å². The summed E-state index contributed by atoms with van der Waals surface area (Å²) in [6.45, 7) is 4.28. The van der Waals surface area contributed by atoms with Gasteiger partial charge in [-0.1, -0.05) is 191 Å². The number of unbranched alkanes of at least 4 members (excludes halogenated alkanes) is 24. The number of nitrogens with zero attached hydrogens (tertiary/aromatic N) is 1. The molecule has 0 bridgehead atoms. The number of quaternary nitrogens is 1. The summed E-state index contributed by atoms with van der Waals surface area (Å²) in [5.74, 6) is -0.852. The molecule has 0 saturated carbocycles. The van der Waals surface area contributed by atoms with E-state index in [1.807, 2.05) is 21.1 Å². The van der Waals surface area contributed by atoms with E-state index in [1.54, 1.807) is 0 Å². The summed E-state index contributed by atoms with van der Waals surface area (Å²) < 4.78 is 34.4. The maximum absolute atomic E-state index is 12.7. The van der Waals surface area contributed by atoms with Crippen LogP contribution in [-0.2, 0) is 32.7 Å². The molecule has 0 fully saturated rings. The number of likely N-dealkylation sites (N-methyl/N-ethyl adjacent to an activating group) is 1. The normalized spacial score (nSPS) is 13.8. The van der Waals surface area contributed by atoms with Gasteiger partial charge in [-0.2, -0.15) is 0 Å². The van der Waals surface area contributed by atoms with Crippen LogP contribution in [0.5, 0.6) is 0 Å². The van der Waals surface area contributed by atoms with Gasteiger partial charge in [0.15, 0.2) is 6.10 Å². The molecule has 62 heavy (non-hydrogen) atoms. The van der Waals surface area contributed by atoms with Crippen molar-refractivity contribution in [1.82, 2.24) is 0 Å². The molecule has 2 atom stereocenters. The molecule has 0 aliphatic carbocycles. The standard InChI is InChI=1S/C52H96NO8P/c1-6-8-10-12-14-16-18-20-22-23-24-25-26-27-28-29-31-32-34-36-38-40-42-44-51(54)58-48-50(49-60-62(56,57)59-47-46-53(3,4)5)61-52(55)45-43-41-39-37-35-33-30-21-19-17-15-13-11-9-7-2/h9,11,15,17,21,30,36,38,50H,6-8,10,12-14,16,18-20,22-29,31-35,37,39-49H2,1-5H3/p+1/b11-9+,17-15+,30-21+,38-36+/t50-/m0/s1. The number of hydrogen-bond acceptors (Lipinski definition) is 7. The minimum atomic E-state index is -4.39. The largest absolute Gasteiger partial charge is 0.472 e. The molecule has 0 aromatic rings. The van der Waals surface area contributed by atoms with Crippen molar-refractivity contribution in [2.24, 2.45) is 0 Å². The molecule has 1 unspecified atom stereocenters. The molecule has 9 nitrogen and oxygen atoms in total. The zero-order valence-electron chi connectivity index (χ0n) is 40.9. The van der Waals surface area contributed by atoms with Crippen molar-refractivity contribution in [2.45, 2.75) is 225 Å². The molecular weight excluding hydrogens is 798 g/mol. The smallest absolute Gasteiger partial charge is 0.462 e. The topological polar surface area (TPSA) is 108 Å². The minimum Gasteiger partial charge on any atom is -0.462 e. The van der Waals surface area contributed by atoms with E-state index in [4.69, 9.17) is 18.5 Å². The highest BCUT2D eigenvalue weighted by Gasteiger charge is 2.27. The molecule has 10 heteroatoms. The molecule has 362 valence electrons. The molecule has 0 aliphatic heterocycles. The van der Waals surface area contributed by atoms with E-state index in [2.05, 4.69) is 62.5 Å². The highest BCUT2D eigenvalue weighted by atomic mass is 31.2. The molecule has 1 N–H and O–H groups in total. The van der Waals surface area contributed by atoms with E-state index in [-0.39, 0.29) is 26.1 Å². The van der Waals surface area contributed by atoms with E-state index in [0.29, 0.717) is 23.9 Å². The Morgan fingerprint density at radius 2 is 0.935 bits per heavy atom. The Kier molecular flexibility index (Phi) is 42.7. The molecule has 0 amide bonds. The lowest BCUT2D eigenvalue weighted by Crippen LogP contribution is -2.37. The van der Waals surface area contributed by atoms with E-state index < -0.39 is 32.5 Å². The molecule has 0 radical (unpaired) electrons. The van der Waals surface area contributed by atoms with Crippen LogP contribution in [0.15, 0.2) is 48.6 Å². The number of allylic oxidation sites excluding steroid dienone is 8. The lowest BCUT2D eigenvalue weighted by atomic mass is 10.0. The molecule has 0 heterocycles. The number of esters is 2. The fourth-order valence-electron chi connectivity index (χ4n) is 6.92. The summed E-state index contributed by atoms with van der Waals surface area (Å²) in [5, 5.41) is 0. The molecule has 0 spiro atoms. The number of ether oxygens (including phenoxy) is 2. The van der Waals surface area contributed by atoms with Crippen LogP contribution >= 0.6 is 7.82 Å². The average Bonchev–Trinajstić information content (AvgIpc) is 3.23. The lowest BCUT2D eigenvalue weighted by Gasteiger charge is -2.24. The number of carbonyl (C=O) groups is 2. The molecule has 0 rings (SSSR count). The van der Waals surface area contributed by atoms with Gasteiger partial charge < -0.3 is 18.9 Å². The molecule has 0 aromatic heterocycles. The van der Waals surface area contributed by atoms with Gasteiger partial charge in [-0.05, 0) is 64.2 Å². The van der Waals surface area contributed by atoms with Crippen molar-refractivity contribution in [1.29, 1.82) is 0 Å². The van der Waals surface area contributed by atoms with Crippen LogP contribution in [0.3, 0.4) is 0 Å². The van der Waals surface area contributed by atoms with Gasteiger partial charge in [-0.15, -0.1) is 0 Å². The Morgan fingerprint density at radius 3 is 1.44 bits per heavy atom. The Labute approximate surface area is 382 Å². The van der Waals surface area contributed by atoms with Crippen LogP contribution in [0.4, 0.5) is 0 Å². The van der Waals surface area contributed by atoms with Crippen molar-refractivity contribution < 1.29 is 42.1 Å². The zero-order valence-corrected chi connectivity index (χ0v) is 41.7. The Hall–Kier alpha value is -2.03. The van der Waals surface area contributed by atoms with Gasteiger partial charge in [0.05, 0.1) is 27.7 Å². The van der Waals surface area contributed by atoms with Gasteiger partial charge in [0.25, 0.3) is 0 Å². The summed E-state index contributed by atoms with van der Waals surface area (Å²) in [7, 11) is 1.45. The van der Waals surface area contributed by atoms with Crippen LogP contribution in [0.2, 0.25) is 0 Å². The Morgan fingerprint density at radius 1 is 0.516 bits per heavy atom. The number of carbonyl (C=O) groups excluding carboxylic acids is 2. The first kappa shape index (κ1) is 60.0. The second kappa shape index (κ2) is 44.2. The van der Waals surface area contributed by atoms with Gasteiger partial charge in [0.1, 0.15) is 19.8 Å². The Bertz CT molecular complexity index is 1190. The van der Waals surface area contributed by atoms with E-state index in [1.165, 1.54) is 116 Å². The predicted octanol–water partition coefficient (Wildman–Crippen LogP) is 15.0. The van der Waals surface area contributed by atoms with E-state index in [9.17, 15) is 19.0 Å². The van der Waals surface area contributed by atoms with Crippen molar-refractivity contribution in [2.75, 3.05) is 47.5 Å². The first-order chi connectivity index (χ1) is 30.0. The monoisotopic (exact) mass is 895 g/mol. The maximum Gasteiger partial charge on any atom is 0.472 e. The van der Waals surface area contributed by atoms with Gasteiger partial charge in [-0.25, -0.2) is 4.57 Å². The molecular formula is C52H97NO8P+. The third-order valence-corrected chi connectivity index (χ3v) is 11.8. The highest BCUT2D eigenvalue weighted by molar-refractivity contribution is 7.47. The number of rotatable bonds is 46. The maximum atomic E-state index is 12.7. The molecule has 0 aliphatic rings. The fraction of sp³-hybridized carbons (Fsp3) is 0.808. The summed E-state index contributed by atoms with van der Waals surface area (Å²) in [4.78, 5) is 35.5.